The number of nitrogens with zero attached hydrogens (tertiary/aromatic N) is 2. The lowest BCUT2D eigenvalue weighted by atomic mass is 10.3. The van der Waals surface area contributed by atoms with Gasteiger partial charge in [-0.05, 0) is 26.0 Å². The van der Waals surface area contributed by atoms with Crippen molar-refractivity contribution in [2.24, 2.45) is 7.05 Å². The number of aryl methyl sites for hydroxylation is 1. The number of aromatic nitrogens is 1. The lowest BCUT2D eigenvalue weighted by Gasteiger charge is -2.31. The van der Waals surface area contributed by atoms with Crippen LogP contribution in [0.1, 0.15) is 26.0 Å². The Kier molecular flexibility index (Phi) is 5.43. The first-order valence-corrected chi connectivity index (χ1v) is 8.86. The minimum absolute atomic E-state index is 0.120. The van der Waals surface area contributed by atoms with Crippen LogP contribution in [0, 0.1) is 0 Å². The van der Waals surface area contributed by atoms with Crippen molar-refractivity contribution in [1.82, 2.24) is 14.2 Å². The third kappa shape index (κ3) is 3.66. The summed E-state index contributed by atoms with van der Waals surface area (Å²) < 4.78 is 34.2. The molecule has 0 bridgehead atoms. The second-order valence-electron chi connectivity index (χ2n) is 5.49. The van der Waals surface area contributed by atoms with Gasteiger partial charge in [0.1, 0.15) is 4.90 Å². The zero-order valence-corrected chi connectivity index (χ0v) is 13.8. The van der Waals surface area contributed by atoms with Crippen molar-refractivity contribution in [2.45, 2.75) is 37.8 Å². The minimum Gasteiger partial charge on any atom is -0.378 e. The van der Waals surface area contributed by atoms with E-state index < -0.39 is 10.0 Å². The Bertz CT molecular complexity index is 568. The molecule has 1 aromatic heterocycles. The molecule has 0 aromatic carbocycles. The van der Waals surface area contributed by atoms with Crippen LogP contribution in [0.3, 0.4) is 0 Å². The van der Waals surface area contributed by atoms with Gasteiger partial charge in [0.2, 0.25) is 10.0 Å². The summed E-state index contributed by atoms with van der Waals surface area (Å²) in [5, 5.41) is 3.30. The highest BCUT2D eigenvalue weighted by atomic mass is 32.2. The highest BCUT2D eigenvalue weighted by Crippen LogP contribution is 2.22. The maximum absolute atomic E-state index is 12.7. The summed E-state index contributed by atoms with van der Waals surface area (Å²) >= 11 is 0. The Morgan fingerprint density at radius 2 is 2.24 bits per heavy atom. The fraction of sp³-hybridized carbons (Fsp3) is 0.714. The third-order valence-electron chi connectivity index (χ3n) is 3.73. The lowest BCUT2D eigenvalue weighted by Crippen LogP contribution is -2.46. The molecular weight excluding hydrogens is 290 g/mol. The van der Waals surface area contributed by atoms with Crippen LogP contribution in [-0.2, 0) is 28.4 Å². The molecule has 0 saturated carbocycles. The fourth-order valence-corrected chi connectivity index (χ4v) is 4.19. The van der Waals surface area contributed by atoms with Gasteiger partial charge in [0.05, 0.1) is 13.2 Å². The Balaban J connectivity index is 2.18. The van der Waals surface area contributed by atoms with Gasteiger partial charge in [-0.15, -0.1) is 0 Å². The average Bonchev–Trinajstić information content (AvgIpc) is 2.82. The molecule has 120 valence electrons. The van der Waals surface area contributed by atoms with E-state index in [1.807, 2.05) is 18.5 Å². The molecule has 1 fully saturated rings. The van der Waals surface area contributed by atoms with Gasteiger partial charge in [-0.1, -0.05) is 6.92 Å². The van der Waals surface area contributed by atoms with Crippen molar-refractivity contribution < 1.29 is 13.2 Å². The van der Waals surface area contributed by atoms with E-state index in [-0.39, 0.29) is 6.04 Å². The van der Waals surface area contributed by atoms with Crippen LogP contribution in [0.2, 0.25) is 0 Å². The molecule has 0 amide bonds. The number of morpholine rings is 1. The summed E-state index contributed by atoms with van der Waals surface area (Å²) in [4.78, 5) is 0.368. The predicted molar refractivity (Wildman–Crippen MR) is 81.6 cm³/mol. The van der Waals surface area contributed by atoms with Gasteiger partial charge in [-0.2, -0.15) is 4.31 Å². The second kappa shape index (κ2) is 6.91. The molecule has 2 heterocycles. The molecular formula is C14H25N3O3S. The normalized spacial score (nSPS) is 20.8. The van der Waals surface area contributed by atoms with Gasteiger partial charge in [0.15, 0.2) is 0 Å². The first kappa shape index (κ1) is 16.5. The number of nitrogens with one attached hydrogen (secondary N) is 1. The molecule has 1 N–H and O–H groups in total. The van der Waals surface area contributed by atoms with E-state index in [4.69, 9.17) is 4.74 Å². The number of hydrogen-bond donors (Lipinski definition) is 1. The first-order valence-electron chi connectivity index (χ1n) is 7.42. The van der Waals surface area contributed by atoms with Gasteiger partial charge >= 0.3 is 0 Å². The number of hydrogen-bond acceptors (Lipinski definition) is 4. The van der Waals surface area contributed by atoms with E-state index in [1.54, 1.807) is 12.3 Å². The SMILES string of the molecule is CCCNCc1cc(S(=O)(=O)N2CCOCC2C)cn1C. The molecule has 1 aromatic rings. The number of rotatable bonds is 6. The smallest absolute Gasteiger partial charge is 0.244 e. The van der Waals surface area contributed by atoms with Crippen molar-refractivity contribution >= 4 is 10.0 Å². The number of ether oxygens (including phenoxy) is 1. The maximum atomic E-state index is 12.7. The zero-order valence-electron chi connectivity index (χ0n) is 13.0. The van der Waals surface area contributed by atoms with Gasteiger partial charge in [-0.3, -0.25) is 0 Å². The van der Waals surface area contributed by atoms with Crippen molar-refractivity contribution in [3.05, 3.63) is 18.0 Å². The molecule has 0 spiro atoms. The van der Waals surface area contributed by atoms with Crippen LogP contribution in [0.15, 0.2) is 17.2 Å². The van der Waals surface area contributed by atoms with Crippen molar-refractivity contribution in [3.63, 3.8) is 0 Å². The zero-order chi connectivity index (χ0) is 15.5. The summed E-state index contributed by atoms with van der Waals surface area (Å²) in [6, 6.07) is 1.64. The molecule has 0 radical (unpaired) electrons. The molecule has 21 heavy (non-hydrogen) atoms. The van der Waals surface area contributed by atoms with E-state index >= 15 is 0 Å². The Morgan fingerprint density at radius 3 is 2.90 bits per heavy atom. The van der Waals surface area contributed by atoms with Gasteiger partial charge in [-0.25, -0.2) is 8.42 Å². The maximum Gasteiger partial charge on any atom is 0.244 e. The summed E-state index contributed by atoms with van der Waals surface area (Å²) in [6.45, 7) is 6.92. The molecule has 0 aliphatic carbocycles. The van der Waals surface area contributed by atoms with E-state index in [2.05, 4.69) is 12.2 Å². The molecule has 1 aliphatic heterocycles. The van der Waals surface area contributed by atoms with Crippen molar-refractivity contribution in [2.75, 3.05) is 26.3 Å². The second-order valence-corrected chi connectivity index (χ2v) is 7.39. The Hall–Kier alpha value is -0.890. The van der Waals surface area contributed by atoms with Crippen molar-refractivity contribution in [3.8, 4) is 0 Å². The van der Waals surface area contributed by atoms with Gasteiger partial charge < -0.3 is 14.6 Å². The van der Waals surface area contributed by atoms with Crippen LogP contribution in [0.25, 0.3) is 0 Å². The monoisotopic (exact) mass is 315 g/mol. The summed E-state index contributed by atoms with van der Waals surface area (Å²) in [5.74, 6) is 0. The predicted octanol–water partition coefficient (Wildman–Crippen LogP) is 0.934. The highest BCUT2D eigenvalue weighted by Gasteiger charge is 2.32. The van der Waals surface area contributed by atoms with E-state index in [0.29, 0.717) is 31.2 Å². The minimum atomic E-state index is -3.44. The Morgan fingerprint density at radius 1 is 1.48 bits per heavy atom. The van der Waals surface area contributed by atoms with Gasteiger partial charge in [0, 0.05) is 38.1 Å². The van der Waals surface area contributed by atoms with Crippen LogP contribution < -0.4 is 5.32 Å². The third-order valence-corrected chi connectivity index (χ3v) is 5.71. The van der Waals surface area contributed by atoms with Crippen LogP contribution in [-0.4, -0.2) is 49.6 Å². The standard InChI is InChI=1S/C14H25N3O3S/c1-4-5-15-9-13-8-14(10-16(13)3)21(18,19)17-6-7-20-11-12(17)2/h8,10,12,15H,4-7,9,11H2,1-3H3. The molecule has 7 heteroatoms. The summed E-state index contributed by atoms with van der Waals surface area (Å²) in [6.07, 6.45) is 2.75. The van der Waals surface area contributed by atoms with E-state index in [1.165, 1.54) is 4.31 Å². The van der Waals surface area contributed by atoms with E-state index in [0.717, 1.165) is 18.7 Å². The fourth-order valence-electron chi connectivity index (χ4n) is 2.49. The van der Waals surface area contributed by atoms with Crippen LogP contribution in [0.5, 0.6) is 0 Å². The quantitative estimate of drug-likeness (QED) is 0.794. The average molecular weight is 315 g/mol. The molecule has 1 unspecified atom stereocenters. The molecule has 6 nitrogen and oxygen atoms in total. The largest absolute Gasteiger partial charge is 0.378 e. The molecule has 1 aliphatic rings. The molecule has 1 atom stereocenters. The Labute approximate surface area is 127 Å². The van der Waals surface area contributed by atoms with Crippen LogP contribution >= 0.6 is 0 Å². The molecule has 2 rings (SSSR count). The lowest BCUT2D eigenvalue weighted by molar-refractivity contribution is 0.0393. The topological polar surface area (TPSA) is 63.6 Å². The number of sulfonamides is 1. The summed E-state index contributed by atoms with van der Waals surface area (Å²) in [5.41, 5.74) is 0.975. The first-order chi connectivity index (χ1) is 9.96. The van der Waals surface area contributed by atoms with Crippen LogP contribution in [0.4, 0.5) is 0 Å². The summed E-state index contributed by atoms with van der Waals surface area (Å²) in [7, 11) is -1.56. The van der Waals surface area contributed by atoms with E-state index in [9.17, 15) is 8.42 Å². The highest BCUT2D eigenvalue weighted by molar-refractivity contribution is 7.89. The van der Waals surface area contributed by atoms with Gasteiger partial charge in [0.25, 0.3) is 0 Å². The molecule has 1 saturated heterocycles. The van der Waals surface area contributed by atoms with Crippen molar-refractivity contribution in [1.29, 1.82) is 0 Å².